The maximum Gasteiger partial charge on any atom is 0.259 e. The zero-order valence-electron chi connectivity index (χ0n) is 19.3. The highest BCUT2D eigenvalue weighted by atomic mass is 32.2. The number of aromatic nitrogens is 1. The summed E-state index contributed by atoms with van der Waals surface area (Å²) in [6.07, 6.45) is 2.26. The Kier molecular flexibility index (Phi) is 9.21. The van der Waals surface area contributed by atoms with Crippen LogP contribution in [0.1, 0.15) is 12.0 Å². The van der Waals surface area contributed by atoms with Gasteiger partial charge in [-0.2, -0.15) is 0 Å². The molecule has 3 rings (SSSR count). The van der Waals surface area contributed by atoms with Crippen molar-refractivity contribution in [1.82, 2.24) is 15.4 Å². The number of amides is 1. The van der Waals surface area contributed by atoms with Crippen LogP contribution in [-0.4, -0.2) is 51.7 Å². The third-order valence-corrected chi connectivity index (χ3v) is 6.88. The van der Waals surface area contributed by atoms with Gasteiger partial charge in [-0.1, -0.05) is 18.2 Å². The number of benzene rings is 2. The molecule has 2 unspecified atom stereocenters. The normalized spacial score (nSPS) is 13.1. The average molecular weight is 508 g/mol. The van der Waals surface area contributed by atoms with Crippen LogP contribution < -0.4 is 16.4 Å². The molecule has 0 fully saturated rings. The first-order valence-electron chi connectivity index (χ1n) is 10.8. The Morgan fingerprint density at radius 2 is 1.94 bits per heavy atom. The SMILES string of the molecule is COCCNCc1ccc(-c2ccc3c(=O)n(CCC(C(=O)NO)S(C)=O)cc(F)c3c2)c(F)c1. The van der Waals surface area contributed by atoms with Crippen molar-refractivity contribution in [3.63, 3.8) is 0 Å². The van der Waals surface area contributed by atoms with E-state index >= 15 is 0 Å². The molecule has 0 radical (unpaired) electrons. The third kappa shape index (κ3) is 6.37. The predicted molar refractivity (Wildman–Crippen MR) is 130 cm³/mol. The maximum absolute atomic E-state index is 14.9. The smallest absolute Gasteiger partial charge is 0.259 e. The fourth-order valence-corrected chi connectivity index (χ4v) is 4.56. The summed E-state index contributed by atoms with van der Waals surface area (Å²) in [5, 5.41) is 11.0. The first kappa shape index (κ1) is 26.6. The number of nitrogens with zero attached hydrogens (tertiary/aromatic N) is 1. The predicted octanol–water partition coefficient (Wildman–Crippen LogP) is 2.33. The molecule has 0 aliphatic rings. The Hall–Kier alpha value is -2.99. The summed E-state index contributed by atoms with van der Waals surface area (Å²) in [4.78, 5) is 24.6. The van der Waals surface area contributed by atoms with Crippen LogP contribution in [0.2, 0.25) is 0 Å². The molecule has 11 heteroatoms. The van der Waals surface area contributed by atoms with Gasteiger partial charge < -0.3 is 14.6 Å². The van der Waals surface area contributed by atoms with E-state index in [-0.39, 0.29) is 29.3 Å². The minimum absolute atomic E-state index is 0.0391. The molecule has 0 spiro atoms. The third-order valence-electron chi connectivity index (χ3n) is 5.63. The molecule has 35 heavy (non-hydrogen) atoms. The maximum atomic E-state index is 14.9. The topological polar surface area (TPSA) is 110 Å². The molecule has 2 aromatic carbocycles. The standard InChI is InChI=1S/C24H27F2N3O5S/c1-34-10-8-27-13-15-3-5-17(20(25)11-15)16-4-6-18-19(12-16)21(26)14-29(24(18)31)9-7-22(35(2)33)23(30)28-32/h3-6,11-12,14,22,27,32H,7-10,13H2,1-2H3,(H,28,30). The second-order valence-electron chi connectivity index (χ2n) is 7.97. The Balaban J connectivity index is 1.86. The largest absolute Gasteiger partial charge is 0.383 e. The molecule has 8 nitrogen and oxygen atoms in total. The van der Waals surface area contributed by atoms with Gasteiger partial charge in [-0.05, 0) is 35.7 Å². The van der Waals surface area contributed by atoms with Crippen molar-refractivity contribution in [3.8, 4) is 11.1 Å². The van der Waals surface area contributed by atoms with E-state index in [1.807, 2.05) is 0 Å². The van der Waals surface area contributed by atoms with Gasteiger partial charge in [0.25, 0.3) is 11.5 Å². The molecule has 0 saturated carbocycles. The van der Waals surface area contributed by atoms with E-state index < -0.39 is 39.2 Å². The minimum atomic E-state index is -1.60. The Morgan fingerprint density at radius 1 is 1.17 bits per heavy atom. The van der Waals surface area contributed by atoms with E-state index in [4.69, 9.17) is 9.94 Å². The zero-order chi connectivity index (χ0) is 25.5. The molecular formula is C24H27F2N3O5S. The highest BCUT2D eigenvalue weighted by Crippen LogP contribution is 2.27. The van der Waals surface area contributed by atoms with Crippen molar-refractivity contribution in [2.75, 3.05) is 26.5 Å². The first-order chi connectivity index (χ1) is 16.8. The molecular weight excluding hydrogens is 480 g/mol. The number of hydroxylamine groups is 1. The lowest BCUT2D eigenvalue weighted by atomic mass is 10.00. The number of nitrogens with one attached hydrogen (secondary N) is 2. The minimum Gasteiger partial charge on any atom is -0.383 e. The van der Waals surface area contributed by atoms with Crippen LogP contribution in [0.5, 0.6) is 0 Å². The summed E-state index contributed by atoms with van der Waals surface area (Å²) in [5.74, 6) is -2.00. The van der Waals surface area contributed by atoms with Gasteiger partial charge in [-0.3, -0.25) is 19.0 Å². The van der Waals surface area contributed by atoms with Crippen LogP contribution in [0, 0.1) is 11.6 Å². The summed E-state index contributed by atoms with van der Waals surface area (Å²) < 4.78 is 47.6. The van der Waals surface area contributed by atoms with E-state index in [2.05, 4.69) is 5.32 Å². The van der Waals surface area contributed by atoms with Crippen molar-refractivity contribution in [3.05, 3.63) is 70.1 Å². The number of ether oxygens (including phenoxy) is 1. The summed E-state index contributed by atoms with van der Waals surface area (Å²) in [7, 11) is -0.00476. The number of pyridine rings is 1. The van der Waals surface area contributed by atoms with E-state index in [0.29, 0.717) is 25.3 Å². The van der Waals surface area contributed by atoms with E-state index in [0.717, 1.165) is 16.3 Å². The van der Waals surface area contributed by atoms with Crippen molar-refractivity contribution < 1.29 is 27.7 Å². The van der Waals surface area contributed by atoms with E-state index in [1.165, 1.54) is 29.9 Å². The molecule has 0 aliphatic carbocycles. The molecule has 188 valence electrons. The average Bonchev–Trinajstić information content (AvgIpc) is 2.84. The number of hydrogen-bond acceptors (Lipinski definition) is 6. The van der Waals surface area contributed by atoms with Gasteiger partial charge >= 0.3 is 0 Å². The van der Waals surface area contributed by atoms with Crippen molar-refractivity contribution in [2.45, 2.75) is 24.8 Å². The monoisotopic (exact) mass is 507 g/mol. The number of aryl methyl sites for hydroxylation is 1. The summed E-state index contributed by atoms with van der Waals surface area (Å²) in [6, 6.07) is 9.19. The lowest BCUT2D eigenvalue weighted by Gasteiger charge is -2.14. The molecule has 0 bridgehead atoms. The van der Waals surface area contributed by atoms with Gasteiger partial charge in [-0.25, -0.2) is 14.3 Å². The van der Waals surface area contributed by atoms with Crippen LogP contribution in [0.4, 0.5) is 8.78 Å². The summed E-state index contributed by atoms with van der Waals surface area (Å²) in [5.41, 5.74) is 2.39. The van der Waals surface area contributed by atoms with Gasteiger partial charge in [0.15, 0.2) is 0 Å². The van der Waals surface area contributed by atoms with Crippen molar-refractivity contribution in [2.24, 2.45) is 0 Å². The van der Waals surface area contributed by atoms with Crippen molar-refractivity contribution in [1.29, 1.82) is 0 Å². The van der Waals surface area contributed by atoms with Gasteiger partial charge in [0, 0.05) is 60.9 Å². The molecule has 2 atom stereocenters. The number of fused-ring (bicyclic) bond motifs is 1. The second-order valence-corrected chi connectivity index (χ2v) is 9.54. The Morgan fingerprint density at radius 3 is 2.60 bits per heavy atom. The van der Waals surface area contributed by atoms with Gasteiger partial charge in [0.05, 0.1) is 12.0 Å². The van der Waals surface area contributed by atoms with Crippen LogP contribution in [-0.2, 0) is 33.4 Å². The quantitative estimate of drug-likeness (QED) is 0.209. The van der Waals surface area contributed by atoms with Crippen LogP contribution in [0.25, 0.3) is 21.9 Å². The molecule has 3 aromatic rings. The van der Waals surface area contributed by atoms with Gasteiger partial charge in [-0.15, -0.1) is 0 Å². The molecule has 1 amide bonds. The highest BCUT2D eigenvalue weighted by Gasteiger charge is 2.22. The number of methoxy groups -OCH3 is 1. The molecule has 1 aromatic heterocycles. The summed E-state index contributed by atoms with van der Waals surface area (Å²) in [6.45, 7) is 1.56. The molecule has 0 saturated heterocycles. The number of carbonyl (C=O) groups excluding carboxylic acids is 1. The van der Waals surface area contributed by atoms with E-state index in [1.54, 1.807) is 25.3 Å². The lowest BCUT2D eigenvalue weighted by Crippen LogP contribution is -2.36. The van der Waals surface area contributed by atoms with Crippen LogP contribution in [0.15, 0.2) is 47.4 Å². The van der Waals surface area contributed by atoms with Crippen LogP contribution in [0.3, 0.4) is 0 Å². The van der Waals surface area contributed by atoms with E-state index in [9.17, 15) is 22.6 Å². The summed E-state index contributed by atoms with van der Waals surface area (Å²) >= 11 is 0. The molecule has 0 aliphatic heterocycles. The van der Waals surface area contributed by atoms with Gasteiger partial charge in [0.1, 0.15) is 16.9 Å². The van der Waals surface area contributed by atoms with Crippen LogP contribution >= 0.6 is 0 Å². The lowest BCUT2D eigenvalue weighted by molar-refractivity contribution is -0.128. The number of hydrogen-bond donors (Lipinski definition) is 3. The fraction of sp³-hybridized carbons (Fsp3) is 0.333. The second kappa shape index (κ2) is 12.1. The fourth-order valence-electron chi connectivity index (χ4n) is 3.77. The van der Waals surface area contributed by atoms with Crippen molar-refractivity contribution >= 4 is 27.5 Å². The number of rotatable bonds is 11. The Bertz CT molecular complexity index is 1300. The first-order valence-corrected chi connectivity index (χ1v) is 12.5. The van der Waals surface area contributed by atoms with Gasteiger partial charge in [0.2, 0.25) is 0 Å². The number of halogens is 2. The molecule has 3 N–H and O–H groups in total. The Labute approximate surface area is 203 Å². The zero-order valence-corrected chi connectivity index (χ0v) is 20.2. The molecule has 1 heterocycles. The number of carbonyl (C=O) groups is 1. The highest BCUT2D eigenvalue weighted by molar-refractivity contribution is 7.85.